The molecule has 2 nitrogen and oxygen atoms in total. The molecule has 0 N–H and O–H groups in total. The third-order valence-corrected chi connectivity index (χ3v) is 3.44. The first-order chi connectivity index (χ1) is 9.20. The van der Waals surface area contributed by atoms with Crippen molar-refractivity contribution in [3.05, 3.63) is 59.7 Å². The molecule has 0 fully saturated rings. The molecule has 0 saturated heterocycles. The van der Waals surface area contributed by atoms with Crippen molar-refractivity contribution in [3.63, 3.8) is 0 Å². The molecule has 0 unspecified atom stereocenters. The molecule has 4 heteroatoms. The summed E-state index contributed by atoms with van der Waals surface area (Å²) in [5.41, 5.74) is 4.58. The molecule has 3 aromatic rings. The van der Waals surface area contributed by atoms with Crippen LogP contribution < -0.4 is 0 Å². The van der Waals surface area contributed by atoms with Gasteiger partial charge in [0.05, 0.1) is 17.3 Å². The fourth-order valence-corrected chi connectivity index (χ4v) is 2.47. The van der Waals surface area contributed by atoms with Gasteiger partial charge in [0.25, 0.3) is 0 Å². The van der Waals surface area contributed by atoms with E-state index < -0.39 is 0 Å². The smallest absolute Gasteiger partial charge is 0.140 e. The zero-order valence-corrected chi connectivity index (χ0v) is 11.2. The number of nitrogens with zero attached hydrogens (tertiary/aromatic N) is 2. The van der Waals surface area contributed by atoms with Crippen molar-refractivity contribution in [2.45, 2.75) is 12.8 Å². The van der Waals surface area contributed by atoms with Gasteiger partial charge in [-0.15, -0.1) is 11.6 Å². The lowest BCUT2D eigenvalue weighted by Crippen LogP contribution is -1.91. The molecule has 0 aliphatic heterocycles. The molecule has 0 aliphatic carbocycles. The third kappa shape index (κ3) is 2.00. The van der Waals surface area contributed by atoms with Crippen LogP contribution in [0.2, 0.25) is 0 Å². The SMILES string of the molecule is Cc1cccn2c(CCl)c(-c3ccc(F)cc3)nc12. The van der Waals surface area contributed by atoms with Gasteiger partial charge < -0.3 is 4.40 Å². The summed E-state index contributed by atoms with van der Waals surface area (Å²) in [6, 6.07) is 10.3. The van der Waals surface area contributed by atoms with Crippen molar-refractivity contribution in [3.8, 4) is 11.3 Å². The van der Waals surface area contributed by atoms with Gasteiger partial charge in [0.1, 0.15) is 11.5 Å². The van der Waals surface area contributed by atoms with Crippen LogP contribution in [0.4, 0.5) is 4.39 Å². The Bertz CT molecular complexity index is 732. The van der Waals surface area contributed by atoms with Crippen LogP contribution >= 0.6 is 11.6 Å². The van der Waals surface area contributed by atoms with Crippen molar-refractivity contribution in [2.75, 3.05) is 0 Å². The highest BCUT2D eigenvalue weighted by atomic mass is 35.5. The molecule has 0 radical (unpaired) electrons. The first-order valence-electron chi connectivity index (χ1n) is 5.99. The molecule has 1 aromatic carbocycles. The highest BCUT2D eigenvalue weighted by Crippen LogP contribution is 2.27. The second-order valence-corrected chi connectivity index (χ2v) is 4.70. The minimum Gasteiger partial charge on any atom is -0.302 e. The number of benzene rings is 1. The Balaban J connectivity index is 2.29. The molecule has 0 amide bonds. The summed E-state index contributed by atoms with van der Waals surface area (Å²) in [5.74, 6) is 0.105. The number of pyridine rings is 1. The Kier molecular flexibility index (Phi) is 2.99. The quantitative estimate of drug-likeness (QED) is 0.641. The van der Waals surface area contributed by atoms with E-state index in [0.717, 1.165) is 28.2 Å². The number of aromatic nitrogens is 2. The molecule has 0 bridgehead atoms. The fourth-order valence-electron chi connectivity index (χ4n) is 2.22. The predicted molar refractivity (Wildman–Crippen MR) is 74.9 cm³/mol. The van der Waals surface area contributed by atoms with E-state index in [0.29, 0.717) is 5.88 Å². The third-order valence-electron chi connectivity index (χ3n) is 3.19. The Hall–Kier alpha value is -1.87. The lowest BCUT2D eigenvalue weighted by Gasteiger charge is -2.01. The molecule has 2 heterocycles. The number of aryl methyl sites for hydroxylation is 1. The van der Waals surface area contributed by atoms with E-state index in [2.05, 4.69) is 4.98 Å². The summed E-state index contributed by atoms with van der Waals surface area (Å²) in [6.07, 6.45) is 1.94. The number of hydrogen-bond acceptors (Lipinski definition) is 1. The Morgan fingerprint density at radius 2 is 1.95 bits per heavy atom. The molecule has 3 rings (SSSR count). The van der Waals surface area contributed by atoms with Crippen molar-refractivity contribution in [2.24, 2.45) is 0 Å². The normalized spacial score (nSPS) is 11.1. The van der Waals surface area contributed by atoms with Gasteiger partial charge in [-0.25, -0.2) is 9.37 Å². The highest BCUT2D eigenvalue weighted by Gasteiger charge is 2.14. The Morgan fingerprint density at radius 3 is 2.63 bits per heavy atom. The molecule has 19 heavy (non-hydrogen) atoms. The number of hydrogen-bond donors (Lipinski definition) is 0. The van der Waals surface area contributed by atoms with Crippen LogP contribution in [0.25, 0.3) is 16.9 Å². The summed E-state index contributed by atoms with van der Waals surface area (Å²) in [6.45, 7) is 2.01. The van der Waals surface area contributed by atoms with Crippen molar-refractivity contribution in [1.82, 2.24) is 9.38 Å². The molecule has 96 valence electrons. The summed E-state index contributed by atoms with van der Waals surface area (Å²) in [4.78, 5) is 4.64. The van der Waals surface area contributed by atoms with Crippen LogP contribution in [0.5, 0.6) is 0 Å². The van der Waals surface area contributed by atoms with Crippen molar-refractivity contribution < 1.29 is 4.39 Å². The van der Waals surface area contributed by atoms with E-state index in [1.165, 1.54) is 12.1 Å². The predicted octanol–water partition coefficient (Wildman–Crippen LogP) is 4.19. The van der Waals surface area contributed by atoms with E-state index >= 15 is 0 Å². The topological polar surface area (TPSA) is 17.3 Å². The highest BCUT2D eigenvalue weighted by molar-refractivity contribution is 6.17. The van der Waals surface area contributed by atoms with Gasteiger partial charge in [0.15, 0.2) is 0 Å². The van der Waals surface area contributed by atoms with Crippen molar-refractivity contribution in [1.29, 1.82) is 0 Å². The Morgan fingerprint density at radius 1 is 1.21 bits per heavy atom. The molecular weight excluding hydrogens is 263 g/mol. The monoisotopic (exact) mass is 274 g/mol. The van der Waals surface area contributed by atoms with E-state index in [4.69, 9.17) is 11.6 Å². The van der Waals surface area contributed by atoms with Gasteiger partial charge in [-0.05, 0) is 42.8 Å². The maximum atomic E-state index is 13.0. The maximum Gasteiger partial charge on any atom is 0.140 e. The lowest BCUT2D eigenvalue weighted by atomic mass is 10.1. The van der Waals surface area contributed by atoms with Crippen LogP contribution in [0, 0.1) is 12.7 Å². The van der Waals surface area contributed by atoms with Gasteiger partial charge in [0.2, 0.25) is 0 Å². The molecule has 0 spiro atoms. The summed E-state index contributed by atoms with van der Waals surface area (Å²) >= 11 is 6.05. The number of halogens is 2. The lowest BCUT2D eigenvalue weighted by molar-refractivity contribution is 0.628. The first-order valence-corrected chi connectivity index (χ1v) is 6.52. The molecule has 0 atom stereocenters. The van der Waals surface area contributed by atoms with E-state index in [9.17, 15) is 4.39 Å². The first kappa shape index (κ1) is 12.2. The van der Waals surface area contributed by atoms with Crippen LogP contribution in [-0.2, 0) is 5.88 Å². The van der Waals surface area contributed by atoms with Crippen LogP contribution in [0.3, 0.4) is 0 Å². The molecule has 2 aromatic heterocycles. The number of alkyl halides is 1. The van der Waals surface area contributed by atoms with Crippen LogP contribution in [0.1, 0.15) is 11.3 Å². The van der Waals surface area contributed by atoms with E-state index in [-0.39, 0.29) is 5.82 Å². The van der Waals surface area contributed by atoms with E-state index in [1.54, 1.807) is 12.1 Å². The number of rotatable bonds is 2. The Labute approximate surface area is 115 Å². The molecule has 0 saturated carbocycles. The molecular formula is C15H12ClFN2. The van der Waals surface area contributed by atoms with Crippen LogP contribution in [-0.4, -0.2) is 9.38 Å². The zero-order chi connectivity index (χ0) is 13.4. The number of fused-ring (bicyclic) bond motifs is 1. The largest absolute Gasteiger partial charge is 0.302 e. The fraction of sp³-hybridized carbons (Fsp3) is 0.133. The number of imidazole rings is 1. The van der Waals surface area contributed by atoms with E-state index in [1.807, 2.05) is 29.7 Å². The van der Waals surface area contributed by atoms with Gasteiger partial charge in [0, 0.05) is 11.8 Å². The second kappa shape index (κ2) is 4.67. The second-order valence-electron chi connectivity index (χ2n) is 4.43. The summed E-state index contributed by atoms with van der Waals surface area (Å²) in [7, 11) is 0. The minimum atomic E-state index is -0.254. The van der Waals surface area contributed by atoms with Gasteiger partial charge >= 0.3 is 0 Å². The minimum absolute atomic E-state index is 0.254. The van der Waals surface area contributed by atoms with Crippen molar-refractivity contribution >= 4 is 17.2 Å². The zero-order valence-electron chi connectivity index (χ0n) is 10.4. The summed E-state index contributed by atoms with van der Waals surface area (Å²) < 4.78 is 15.0. The standard InChI is InChI=1S/C15H12ClFN2/c1-10-3-2-8-19-13(9-16)14(18-15(10)19)11-4-6-12(17)7-5-11/h2-8H,9H2,1H3. The van der Waals surface area contributed by atoms with Gasteiger partial charge in [-0.1, -0.05) is 6.07 Å². The average molecular weight is 275 g/mol. The van der Waals surface area contributed by atoms with Gasteiger partial charge in [-0.2, -0.15) is 0 Å². The average Bonchev–Trinajstić information content (AvgIpc) is 2.79. The van der Waals surface area contributed by atoms with Crippen LogP contribution in [0.15, 0.2) is 42.6 Å². The summed E-state index contributed by atoms with van der Waals surface area (Å²) in [5, 5.41) is 0. The van der Waals surface area contributed by atoms with Gasteiger partial charge in [-0.3, -0.25) is 0 Å². The maximum absolute atomic E-state index is 13.0. The molecule has 0 aliphatic rings.